The molecule has 1 amide bonds. The molecule has 0 saturated carbocycles. The van der Waals surface area contributed by atoms with Crippen molar-refractivity contribution in [3.05, 3.63) is 72.4 Å². The first-order valence-corrected chi connectivity index (χ1v) is 9.68. The minimum absolute atomic E-state index is 0.153. The SMILES string of the molecule is O=C(Nc1cccc(F)c1)c1cnc(Nc2ccc(N3CCCCC3)cc2)cn1. The van der Waals surface area contributed by atoms with Gasteiger partial charge in [-0.2, -0.15) is 0 Å². The van der Waals surface area contributed by atoms with E-state index in [-0.39, 0.29) is 5.69 Å². The Kier molecular flexibility index (Phi) is 5.65. The molecule has 2 N–H and O–H groups in total. The fourth-order valence-corrected chi connectivity index (χ4v) is 3.33. The predicted molar refractivity (Wildman–Crippen MR) is 112 cm³/mol. The fourth-order valence-electron chi connectivity index (χ4n) is 3.33. The molecule has 3 aromatic rings. The van der Waals surface area contributed by atoms with Crippen molar-refractivity contribution in [2.45, 2.75) is 19.3 Å². The maximum absolute atomic E-state index is 13.2. The van der Waals surface area contributed by atoms with Crippen molar-refractivity contribution < 1.29 is 9.18 Å². The van der Waals surface area contributed by atoms with Gasteiger partial charge < -0.3 is 15.5 Å². The maximum Gasteiger partial charge on any atom is 0.275 e. The standard InChI is InChI=1S/C22H22FN5O/c23-16-5-4-6-18(13-16)27-22(29)20-14-25-21(15-24-20)26-17-7-9-19(10-8-17)28-11-2-1-3-12-28/h4-10,13-15H,1-3,11-12H2,(H,25,26)(H,27,29). The quantitative estimate of drug-likeness (QED) is 0.665. The molecule has 0 aliphatic carbocycles. The summed E-state index contributed by atoms with van der Waals surface area (Å²) < 4.78 is 13.2. The molecule has 7 heteroatoms. The first-order valence-electron chi connectivity index (χ1n) is 9.68. The zero-order valence-corrected chi connectivity index (χ0v) is 15.9. The molecule has 29 heavy (non-hydrogen) atoms. The molecule has 0 atom stereocenters. The van der Waals surface area contributed by atoms with E-state index in [2.05, 4.69) is 37.6 Å². The van der Waals surface area contributed by atoms with Crippen LogP contribution in [0.1, 0.15) is 29.8 Å². The number of hydrogen-bond acceptors (Lipinski definition) is 5. The van der Waals surface area contributed by atoms with Crippen molar-refractivity contribution in [1.29, 1.82) is 0 Å². The van der Waals surface area contributed by atoms with Crippen LogP contribution in [0, 0.1) is 5.82 Å². The number of hydrogen-bond donors (Lipinski definition) is 2. The Hall–Kier alpha value is -3.48. The molecule has 1 aliphatic heterocycles. The number of amides is 1. The highest BCUT2D eigenvalue weighted by atomic mass is 19.1. The minimum Gasteiger partial charge on any atom is -0.372 e. The summed E-state index contributed by atoms with van der Waals surface area (Å²) in [7, 11) is 0. The number of piperidine rings is 1. The largest absolute Gasteiger partial charge is 0.372 e. The van der Waals surface area contributed by atoms with Gasteiger partial charge in [-0.3, -0.25) is 4.79 Å². The van der Waals surface area contributed by atoms with E-state index in [4.69, 9.17) is 0 Å². The third kappa shape index (κ3) is 4.87. The lowest BCUT2D eigenvalue weighted by Gasteiger charge is -2.28. The first kappa shape index (κ1) is 18.9. The summed E-state index contributed by atoms with van der Waals surface area (Å²) in [6, 6.07) is 13.9. The van der Waals surface area contributed by atoms with Crippen LogP contribution >= 0.6 is 0 Å². The lowest BCUT2D eigenvalue weighted by Crippen LogP contribution is -2.29. The molecule has 6 nitrogen and oxygen atoms in total. The minimum atomic E-state index is -0.444. The number of nitrogens with one attached hydrogen (secondary N) is 2. The van der Waals surface area contributed by atoms with Crippen LogP contribution in [0.4, 0.5) is 27.3 Å². The van der Waals surface area contributed by atoms with Gasteiger partial charge in [-0.25, -0.2) is 14.4 Å². The van der Waals surface area contributed by atoms with E-state index in [0.717, 1.165) is 18.8 Å². The van der Waals surface area contributed by atoms with E-state index in [1.54, 1.807) is 6.07 Å². The molecule has 2 heterocycles. The van der Waals surface area contributed by atoms with Gasteiger partial charge in [0, 0.05) is 30.2 Å². The monoisotopic (exact) mass is 391 g/mol. The van der Waals surface area contributed by atoms with E-state index in [1.807, 2.05) is 12.1 Å². The third-order valence-corrected chi connectivity index (χ3v) is 4.83. The van der Waals surface area contributed by atoms with Gasteiger partial charge >= 0.3 is 0 Å². The Balaban J connectivity index is 1.37. The van der Waals surface area contributed by atoms with Crippen molar-refractivity contribution in [3.8, 4) is 0 Å². The van der Waals surface area contributed by atoms with Crippen molar-refractivity contribution in [1.82, 2.24) is 9.97 Å². The summed E-state index contributed by atoms with van der Waals surface area (Å²) >= 11 is 0. The van der Waals surface area contributed by atoms with Crippen LogP contribution in [0.5, 0.6) is 0 Å². The second kappa shape index (κ2) is 8.68. The highest BCUT2D eigenvalue weighted by Gasteiger charge is 2.11. The van der Waals surface area contributed by atoms with Crippen molar-refractivity contribution in [2.24, 2.45) is 0 Å². The number of benzene rings is 2. The molecule has 0 spiro atoms. The molecule has 148 valence electrons. The zero-order valence-electron chi connectivity index (χ0n) is 15.9. The van der Waals surface area contributed by atoms with Crippen LogP contribution in [0.25, 0.3) is 0 Å². The van der Waals surface area contributed by atoms with Crippen molar-refractivity contribution >= 4 is 28.8 Å². The molecule has 4 rings (SSSR count). The summed E-state index contributed by atoms with van der Waals surface area (Å²) in [5, 5.41) is 5.78. The van der Waals surface area contributed by atoms with E-state index in [9.17, 15) is 9.18 Å². The summed E-state index contributed by atoms with van der Waals surface area (Å²) in [6.45, 7) is 2.22. The van der Waals surface area contributed by atoms with Gasteiger partial charge in [-0.1, -0.05) is 6.07 Å². The molecule has 0 radical (unpaired) electrons. The fraction of sp³-hybridized carbons (Fsp3) is 0.227. The number of carbonyl (C=O) groups is 1. The van der Waals surface area contributed by atoms with Crippen LogP contribution in [0.2, 0.25) is 0 Å². The number of nitrogens with zero attached hydrogens (tertiary/aromatic N) is 3. The molecule has 1 aromatic heterocycles. The summed E-state index contributed by atoms with van der Waals surface area (Å²) in [5.41, 5.74) is 2.65. The lowest BCUT2D eigenvalue weighted by molar-refractivity contribution is 0.102. The van der Waals surface area contributed by atoms with Crippen LogP contribution in [-0.4, -0.2) is 29.0 Å². The van der Waals surface area contributed by atoms with Gasteiger partial charge in [0.25, 0.3) is 5.91 Å². The van der Waals surface area contributed by atoms with Crippen molar-refractivity contribution in [3.63, 3.8) is 0 Å². The number of anilines is 4. The van der Waals surface area contributed by atoms with E-state index in [0.29, 0.717) is 11.5 Å². The normalized spacial score (nSPS) is 13.8. The van der Waals surface area contributed by atoms with Gasteiger partial charge in [0.2, 0.25) is 0 Å². The average molecular weight is 391 g/mol. The lowest BCUT2D eigenvalue weighted by atomic mass is 10.1. The van der Waals surface area contributed by atoms with Gasteiger partial charge in [0.1, 0.15) is 17.3 Å². The van der Waals surface area contributed by atoms with E-state index in [1.165, 1.54) is 55.5 Å². The second-order valence-electron chi connectivity index (χ2n) is 6.97. The Bertz CT molecular complexity index is 969. The number of halogens is 1. The number of rotatable bonds is 5. The molecule has 1 aliphatic rings. The summed E-state index contributed by atoms with van der Waals surface area (Å²) in [4.78, 5) is 23.0. The van der Waals surface area contributed by atoms with Gasteiger partial charge in [0.15, 0.2) is 0 Å². The van der Waals surface area contributed by atoms with Crippen LogP contribution in [-0.2, 0) is 0 Å². The molecule has 1 saturated heterocycles. The van der Waals surface area contributed by atoms with Crippen LogP contribution in [0.3, 0.4) is 0 Å². The highest BCUT2D eigenvalue weighted by molar-refractivity contribution is 6.02. The first-order chi connectivity index (χ1) is 14.2. The van der Waals surface area contributed by atoms with Crippen molar-refractivity contribution in [2.75, 3.05) is 28.6 Å². The highest BCUT2D eigenvalue weighted by Crippen LogP contribution is 2.23. The summed E-state index contributed by atoms with van der Waals surface area (Å²) in [6.07, 6.45) is 6.69. The van der Waals surface area contributed by atoms with Gasteiger partial charge in [-0.15, -0.1) is 0 Å². The van der Waals surface area contributed by atoms with Gasteiger partial charge in [-0.05, 0) is 61.7 Å². The topological polar surface area (TPSA) is 70.2 Å². The Morgan fingerprint density at radius 3 is 2.41 bits per heavy atom. The van der Waals surface area contributed by atoms with E-state index >= 15 is 0 Å². The molecule has 0 bridgehead atoms. The number of carbonyl (C=O) groups excluding carboxylic acids is 1. The summed E-state index contributed by atoms with van der Waals surface area (Å²) in [5.74, 6) is -0.321. The molecular formula is C22H22FN5O. The average Bonchev–Trinajstić information content (AvgIpc) is 2.75. The Morgan fingerprint density at radius 1 is 0.931 bits per heavy atom. The predicted octanol–water partition coefficient (Wildman–Crippen LogP) is 4.60. The third-order valence-electron chi connectivity index (χ3n) is 4.83. The molecule has 0 unspecified atom stereocenters. The van der Waals surface area contributed by atoms with Gasteiger partial charge in [0.05, 0.1) is 12.4 Å². The Labute approximate surface area is 168 Å². The Morgan fingerprint density at radius 2 is 1.72 bits per heavy atom. The molecule has 2 aromatic carbocycles. The molecule has 1 fully saturated rings. The van der Waals surface area contributed by atoms with E-state index < -0.39 is 11.7 Å². The van der Waals surface area contributed by atoms with Crippen LogP contribution < -0.4 is 15.5 Å². The second-order valence-corrected chi connectivity index (χ2v) is 6.97. The zero-order chi connectivity index (χ0) is 20.1. The number of aromatic nitrogens is 2. The van der Waals surface area contributed by atoms with Crippen LogP contribution in [0.15, 0.2) is 60.9 Å². The smallest absolute Gasteiger partial charge is 0.275 e. The maximum atomic E-state index is 13.2. The molecular weight excluding hydrogens is 369 g/mol.